The molecule has 0 spiro atoms. The Kier molecular flexibility index (Phi) is 5.89. The lowest BCUT2D eigenvalue weighted by atomic mass is 10.1. The van der Waals surface area contributed by atoms with Crippen LogP contribution in [0.3, 0.4) is 0 Å². The minimum atomic E-state index is -0.183. The number of hydrogen-bond acceptors (Lipinski definition) is 4. The highest BCUT2D eigenvalue weighted by Crippen LogP contribution is 2.04. The second kappa shape index (κ2) is 8.12. The van der Waals surface area contributed by atoms with Crippen LogP contribution in [0.4, 0.5) is 5.82 Å². The minimum absolute atomic E-state index is 0.183. The summed E-state index contributed by atoms with van der Waals surface area (Å²) in [7, 11) is 0. The number of benzene rings is 1. The van der Waals surface area contributed by atoms with E-state index in [2.05, 4.69) is 33.0 Å². The molecular formula is C17H22N4O. The third-order valence-corrected chi connectivity index (χ3v) is 3.13. The van der Waals surface area contributed by atoms with Crippen LogP contribution in [-0.4, -0.2) is 29.2 Å². The molecule has 22 heavy (non-hydrogen) atoms. The summed E-state index contributed by atoms with van der Waals surface area (Å²) in [6.45, 7) is 5.51. The fourth-order valence-corrected chi connectivity index (χ4v) is 1.91. The summed E-state index contributed by atoms with van der Waals surface area (Å²) in [6.07, 6.45) is 0.916. The molecule has 2 N–H and O–H groups in total. The minimum Gasteiger partial charge on any atom is -0.368 e. The van der Waals surface area contributed by atoms with Crippen molar-refractivity contribution in [3.8, 4) is 0 Å². The van der Waals surface area contributed by atoms with Crippen LogP contribution in [0.2, 0.25) is 0 Å². The maximum absolute atomic E-state index is 11.8. The van der Waals surface area contributed by atoms with Crippen molar-refractivity contribution in [2.45, 2.75) is 20.3 Å². The van der Waals surface area contributed by atoms with E-state index < -0.39 is 0 Å². The van der Waals surface area contributed by atoms with Crippen LogP contribution < -0.4 is 10.6 Å². The Bertz CT molecular complexity index is 581. The average Bonchev–Trinajstić information content (AvgIpc) is 2.54. The number of anilines is 1. The van der Waals surface area contributed by atoms with Gasteiger partial charge in [0.05, 0.1) is 0 Å². The van der Waals surface area contributed by atoms with E-state index in [-0.39, 0.29) is 5.91 Å². The summed E-state index contributed by atoms with van der Waals surface area (Å²) < 4.78 is 0. The molecule has 0 aliphatic rings. The Labute approximate surface area is 131 Å². The lowest BCUT2D eigenvalue weighted by molar-refractivity contribution is 0.0943. The van der Waals surface area contributed by atoms with Gasteiger partial charge in [0.2, 0.25) is 0 Å². The predicted molar refractivity (Wildman–Crippen MR) is 87.8 cm³/mol. The number of rotatable bonds is 7. The first kappa shape index (κ1) is 15.9. The third kappa shape index (κ3) is 5.16. The Hall–Kier alpha value is -2.43. The van der Waals surface area contributed by atoms with E-state index in [0.717, 1.165) is 13.0 Å². The van der Waals surface area contributed by atoms with Crippen molar-refractivity contribution in [3.63, 3.8) is 0 Å². The van der Waals surface area contributed by atoms with Gasteiger partial charge in [-0.25, -0.2) is 0 Å². The number of carbonyl (C=O) groups is 1. The van der Waals surface area contributed by atoms with Crippen molar-refractivity contribution in [3.05, 3.63) is 53.7 Å². The van der Waals surface area contributed by atoms with Gasteiger partial charge in [0.25, 0.3) is 5.91 Å². The normalized spacial score (nSPS) is 10.5. The van der Waals surface area contributed by atoms with Gasteiger partial charge in [-0.3, -0.25) is 4.79 Å². The van der Waals surface area contributed by atoms with E-state index in [1.807, 2.05) is 32.0 Å². The molecule has 1 aromatic heterocycles. The molecule has 116 valence electrons. The SMILES string of the molecule is CC(C)CNC(=O)c1ccc(NCCc2ccccc2)nn1. The van der Waals surface area contributed by atoms with Gasteiger partial charge < -0.3 is 10.6 Å². The zero-order chi connectivity index (χ0) is 15.8. The van der Waals surface area contributed by atoms with E-state index in [1.54, 1.807) is 12.1 Å². The van der Waals surface area contributed by atoms with Gasteiger partial charge in [0, 0.05) is 13.1 Å². The molecule has 0 aliphatic heterocycles. The van der Waals surface area contributed by atoms with E-state index in [4.69, 9.17) is 0 Å². The molecule has 0 bridgehead atoms. The number of aromatic nitrogens is 2. The summed E-state index contributed by atoms with van der Waals surface area (Å²) in [5.74, 6) is 0.907. The van der Waals surface area contributed by atoms with Crippen LogP contribution in [0.15, 0.2) is 42.5 Å². The smallest absolute Gasteiger partial charge is 0.271 e. The van der Waals surface area contributed by atoms with Crippen LogP contribution in [0.1, 0.15) is 29.9 Å². The van der Waals surface area contributed by atoms with Crippen molar-refractivity contribution in [1.29, 1.82) is 0 Å². The fraction of sp³-hybridized carbons (Fsp3) is 0.353. The van der Waals surface area contributed by atoms with Gasteiger partial charge in [0.15, 0.2) is 5.69 Å². The molecule has 2 rings (SSSR count). The van der Waals surface area contributed by atoms with Crippen molar-refractivity contribution in [2.75, 3.05) is 18.4 Å². The molecule has 0 saturated carbocycles. The molecule has 1 heterocycles. The van der Waals surface area contributed by atoms with Crippen LogP contribution in [0.5, 0.6) is 0 Å². The summed E-state index contributed by atoms with van der Waals surface area (Å²) in [4.78, 5) is 11.8. The number of amides is 1. The Morgan fingerprint density at radius 3 is 2.50 bits per heavy atom. The molecule has 0 aliphatic carbocycles. The highest BCUT2D eigenvalue weighted by Gasteiger charge is 2.08. The maximum Gasteiger partial charge on any atom is 0.271 e. The summed E-state index contributed by atoms with van der Waals surface area (Å²) in [5.41, 5.74) is 1.61. The molecule has 0 unspecified atom stereocenters. The van der Waals surface area contributed by atoms with Crippen molar-refractivity contribution in [1.82, 2.24) is 15.5 Å². The van der Waals surface area contributed by atoms with E-state index >= 15 is 0 Å². The first-order chi connectivity index (χ1) is 10.6. The van der Waals surface area contributed by atoms with E-state index in [0.29, 0.717) is 24.0 Å². The van der Waals surface area contributed by atoms with Crippen LogP contribution in [0, 0.1) is 5.92 Å². The van der Waals surface area contributed by atoms with Gasteiger partial charge in [0.1, 0.15) is 5.82 Å². The zero-order valence-electron chi connectivity index (χ0n) is 13.0. The molecular weight excluding hydrogens is 276 g/mol. The molecule has 2 aromatic rings. The Morgan fingerprint density at radius 1 is 1.09 bits per heavy atom. The molecule has 5 nitrogen and oxygen atoms in total. The fourth-order valence-electron chi connectivity index (χ4n) is 1.91. The molecule has 0 fully saturated rings. The predicted octanol–water partition coefficient (Wildman–Crippen LogP) is 2.52. The van der Waals surface area contributed by atoms with Crippen molar-refractivity contribution in [2.24, 2.45) is 5.92 Å². The summed E-state index contributed by atoms with van der Waals surface area (Å²) in [6, 6.07) is 13.7. The lowest BCUT2D eigenvalue weighted by Crippen LogP contribution is -2.28. The second-order valence-electron chi connectivity index (χ2n) is 5.57. The molecule has 0 atom stereocenters. The number of hydrogen-bond donors (Lipinski definition) is 2. The molecule has 0 radical (unpaired) electrons. The summed E-state index contributed by atoms with van der Waals surface area (Å²) >= 11 is 0. The number of nitrogens with zero attached hydrogens (tertiary/aromatic N) is 2. The lowest BCUT2D eigenvalue weighted by Gasteiger charge is -2.08. The number of carbonyl (C=O) groups excluding carboxylic acids is 1. The highest BCUT2D eigenvalue weighted by molar-refractivity contribution is 5.92. The third-order valence-electron chi connectivity index (χ3n) is 3.13. The standard InChI is InChI=1S/C17H22N4O/c1-13(2)12-19-17(22)15-8-9-16(21-20-15)18-11-10-14-6-4-3-5-7-14/h3-9,13H,10-12H2,1-2H3,(H,18,21)(H,19,22). The van der Waals surface area contributed by atoms with E-state index in [9.17, 15) is 4.79 Å². The van der Waals surface area contributed by atoms with Gasteiger partial charge in [-0.1, -0.05) is 44.2 Å². The Morgan fingerprint density at radius 2 is 1.86 bits per heavy atom. The summed E-state index contributed by atoms with van der Waals surface area (Å²) in [5, 5.41) is 14.0. The first-order valence-electron chi connectivity index (χ1n) is 7.55. The highest BCUT2D eigenvalue weighted by atomic mass is 16.1. The largest absolute Gasteiger partial charge is 0.368 e. The van der Waals surface area contributed by atoms with Crippen LogP contribution in [-0.2, 0) is 6.42 Å². The van der Waals surface area contributed by atoms with Gasteiger partial charge >= 0.3 is 0 Å². The van der Waals surface area contributed by atoms with Crippen molar-refractivity contribution < 1.29 is 4.79 Å². The van der Waals surface area contributed by atoms with Gasteiger partial charge in [-0.05, 0) is 30.0 Å². The second-order valence-corrected chi connectivity index (χ2v) is 5.57. The average molecular weight is 298 g/mol. The zero-order valence-corrected chi connectivity index (χ0v) is 13.0. The topological polar surface area (TPSA) is 66.9 Å². The molecule has 5 heteroatoms. The molecule has 1 amide bonds. The van der Waals surface area contributed by atoms with Crippen molar-refractivity contribution >= 4 is 11.7 Å². The van der Waals surface area contributed by atoms with Gasteiger partial charge in [-0.15, -0.1) is 10.2 Å². The van der Waals surface area contributed by atoms with Gasteiger partial charge in [-0.2, -0.15) is 0 Å². The molecule has 1 aromatic carbocycles. The maximum atomic E-state index is 11.8. The number of nitrogens with one attached hydrogen (secondary N) is 2. The van der Waals surface area contributed by atoms with E-state index in [1.165, 1.54) is 5.56 Å². The Balaban J connectivity index is 1.80. The molecule has 0 saturated heterocycles. The van der Waals surface area contributed by atoms with Crippen LogP contribution in [0.25, 0.3) is 0 Å². The van der Waals surface area contributed by atoms with Crippen LogP contribution >= 0.6 is 0 Å². The quantitative estimate of drug-likeness (QED) is 0.824. The monoisotopic (exact) mass is 298 g/mol. The first-order valence-corrected chi connectivity index (χ1v) is 7.55.